The third-order valence-corrected chi connectivity index (χ3v) is 1.98. The first-order valence-corrected chi connectivity index (χ1v) is 5.30. The summed E-state index contributed by atoms with van der Waals surface area (Å²) < 4.78 is 0. The van der Waals surface area contributed by atoms with Crippen LogP contribution in [-0.2, 0) is 0 Å². The molecule has 0 aliphatic rings. The molecule has 14 heavy (non-hydrogen) atoms. The first kappa shape index (κ1) is 10.8. The zero-order valence-electron chi connectivity index (χ0n) is 9.01. The van der Waals surface area contributed by atoms with Crippen molar-refractivity contribution in [1.29, 1.82) is 0 Å². The van der Waals surface area contributed by atoms with E-state index < -0.39 is 0 Å². The molecule has 1 heterocycles. The molecule has 0 aliphatic carbocycles. The molecule has 0 atom stereocenters. The van der Waals surface area contributed by atoms with Crippen molar-refractivity contribution in [2.75, 3.05) is 23.7 Å². The fraction of sp³-hybridized carbons (Fsp3) is 0.545. The summed E-state index contributed by atoms with van der Waals surface area (Å²) in [5.41, 5.74) is 1.14. The quantitative estimate of drug-likeness (QED) is 0.682. The number of unbranched alkanes of at least 4 members (excludes halogenated alkanes) is 1. The molecule has 0 saturated heterocycles. The molecule has 1 aromatic heterocycles. The van der Waals surface area contributed by atoms with Gasteiger partial charge in [0, 0.05) is 31.0 Å². The molecule has 0 aliphatic heterocycles. The van der Waals surface area contributed by atoms with Crippen LogP contribution < -0.4 is 10.6 Å². The van der Waals surface area contributed by atoms with Gasteiger partial charge in [0.15, 0.2) is 0 Å². The Bertz CT molecular complexity index is 260. The summed E-state index contributed by atoms with van der Waals surface area (Å²) in [6.45, 7) is 6.20. The predicted molar refractivity (Wildman–Crippen MR) is 61.8 cm³/mol. The molecule has 0 spiro atoms. The van der Waals surface area contributed by atoms with E-state index in [1.54, 1.807) is 0 Å². The Morgan fingerprint density at radius 3 is 2.86 bits per heavy atom. The van der Waals surface area contributed by atoms with Gasteiger partial charge in [0.2, 0.25) is 0 Å². The van der Waals surface area contributed by atoms with E-state index >= 15 is 0 Å². The topological polar surface area (TPSA) is 37.0 Å². The fourth-order valence-electron chi connectivity index (χ4n) is 1.23. The highest BCUT2D eigenvalue weighted by Gasteiger charge is 1.94. The van der Waals surface area contributed by atoms with Crippen molar-refractivity contribution in [3.8, 4) is 0 Å². The summed E-state index contributed by atoms with van der Waals surface area (Å²) >= 11 is 0. The van der Waals surface area contributed by atoms with E-state index in [-0.39, 0.29) is 0 Å². The summed E-state index contributed by atoms with van der Waals surface area (Å²) in [4.78, 5) is 4.21. The van der Waals surface area contributed by atoms with Crippen LogP contribution in [0.4, 0.5) is 11.5 Å². The lowest BCUT2D eigenvalue weighted by molar-refractivity contribution is 0.834. The van der Waals surface area contributed by atoms with Gasteiger partial charge >= 0.3 is 0 Å². The van der Waals surface area contributed by atoms with Gasteiger partial charge < -0.3 is 10.6 Å². The van der Waals surface area contributed by atoms with Gasteiger partial charge in [-0.2, -0.15) is 0 Å². The maximum atomic E-state index is 4.21. The van der Waals surface area contributed by atoms with Crippen LogP contribution in [0.2, 0.25) is 0 Å². The van der Waals surface area contributed by atoms with Crippen LogP contribution in [-0.4, -0.2) is 18.1 Å². The molecule has 0 saturated carbocycles. The van der Waals surface area contributed by atoms with E-state index in [1.165, 1.54) is 12.8 Å². The lowest BCUT2D eigenvalue weighted by atomic mass is 10.3. The van der Waals surface area contributed by atoms with E-state index in [9.17, 15) is 0 Å². The van der Waals surface area contributed by atoms with Gasteiger partial charge in [-0.1, -0.05) is 13.3 Å². The Hall–Kier alpha value is -1.25. The number of nitrogens with one attached hydrogen (secondary N) is 2. The maximum Gasteiger partial charge on any atom is 0.127 e. The number of hydrogen-bond donors (Lipinski definition) is 2. The number of hydrogen-bond acceptors (Lipinski definition) is 3. The summed E-state index contributed by atoms with van der Waals surface area (Å²) in [6.07, 6.45) is 4.25. The second-order valence-corrected chi connectivity index (χ2v) is 3.24. The summed E-state index contributed by atoms with van der Waals surface area (Å²) in [6, 6.07) is 4.04. The third-order valence-electron chi connectivity index (χ3n) is 1.98. The van der Waals surface area contributed by atoms with Crippen LogP contribution in [0, 0.1) is 0 Å². The van der Waals surface area contributed by atoms with E-state index in [2.05, 4.69) is 29.5 Å². The monoisotopic (exact) mass is 193 g/mol. The van der Waals surface area contributed by atoms with Crippen molar-refractivity contribution in [2.45, 2.75) is 26.7 Å². The average Bonchev–Trinajstić information content (AvgIpc) is 2.19. The van der Waals surface area contributed by atoms with Crippen LogP contribution in [0.5, 0.6) is 0 Å². The first-order chi connectivity index (χ1) is 6.86. The van der Waals surface area contributed by atoms with Crippen molar-refractivity contribution in [3.05, 3.63) is 18.3 Å². The SMILES string of the molecule is CCCCNc1ccnc(NCC)c1. The summed E-state index contributed by atoms with van der Waals surface area (Å²) in [5.74, 6) is 0.939. The van der Waals surface area contributed by atoms with Gasteiger partial charge in [0.1, 0.15) is 5.82 Å². The third kappa shape index (κ3) is 3.64. The summed E-state index contributed by atoms with van der Waals surface area (Å²) in [5, 5.41) is 6.55. The van der Waals surface area contributed by atoms with Crippen molar-refractivity contribution in [1.82, 2.24) is 4.98 Å². The average molecular weight is 193 g/mol. The van der Waals surface area contributed by atoms with Crippen molar-refractivity contribution in [2.24, 2.45) is 0 Å². The van der Waals surface area contributed by atoms with E-state index in [0.29, 0.717) is 0 Å². The van der Waals surface area contributed by atoms with E-state index in [1.807, 2.05) is 18.3 Å². The molecule has 0 amide bonds. The Morgan fingerprint density at radius 2 is 2.14 bits per heavy atom. The number of pyridine rings is 1. The Labute approximate surface area is 85.9 Å². The summed E-state index contributed by atoms with van der Waals surface area (Å²) in [7, 11) is 0. The predicted octanol–water partition coefficient (Wildman–Crippen LogP) is 2.73. The smallest absolute Gasteiger partial charge is 0.127 e. The second kappa shape index (κ2) is 6.24. The molecule has 0 radical (unpaired) electrons. The van der Waals surface area contributed by atoms with Gasteiger partial charge in [-0.15, -0.1) is 0 Å². The highest BCUT2D eigenvalue weighted by molar-refractivity contribution is 5.51. The standard InChI is InChI=1S/C11H19N3/c1-3-5-7-13-10-6-8-14-11(9-10)12-4-2/h6,8-9H,3-5,7H2,1-2H3,(H2,12,13,14). The van der Waals surface area contributed by atoms with Crippen molar-refractivity contribution in [3.63, 3.8) is 0 Å². The molecule has 0 bridgehead atoms. The second-order valence-electron chi connectivity index (χ2n) is 3.24. The van der Waals surface area contributed by atoms with Gasteiger partial charge in [0.05, 0.1) is 0 Å². The van der Waals surface area contributed by atoms with Crippen LogP contribution in [0.3, 0.4) is 0 Å². The van der Waals surface area contributed by atoms with E-state index in [0.717, 1.165) is 24.6 Å². The molecule has 1 aromatic rings. The highest BCUT2D eigenvalue weighted by atomic mass is 15.0. The molecule has 3 nitrogen and oxygen atoms in total. The zero-order chi connectivity index (χ0) is 10.2. The van der Waals surface area contributed by atoms with Gasteiger partial charge in [-0.3, -0.25) is 0 Å². The molecule has 3 heteroatoms. The number of aromatic nitrogens is 1. The number of nitrogens with zero attached hydrogens (tertiary/aromatic N) is 1. The van der Waals surface area contributed by atoms with Crippen LogP contribution in [0.1, 0.15) is 26.7 Å². The van der Waals surface area contributed by atoms with Gasteiger partial charge in [0.25, 0.3) is 0 Å². The Kier molecular flexibility index (Phi) is 4.83. The van der Waals surface area contributed by atoms with Crippen molar-refractivity contribution >= 4 is 11.5 Å². The fourth-order valence-corrected chi connectivity index (χ4v) is 1.23. The van der Waals surface area contributed by atoms with Gasteiger partial charge in [-0.25, -0.2) is 4.98 Å². The lowest BCUT2D eigenvalue weighted by Gasteiger charge is -2.07. The minimum atomic E-state index is 0.908. The molecular formula is C11H19N3. The maximum absolute atomic E-state index is 4.21. The minimum Gasteiger partial charge on any atom is -0.385 e. The van der Waals surface area contributed by atoms with Crippen molar-refractivity contribution < 1.29 is 0 Å². The molecule has 78 valence electrons. The highest BCUT2D eigenvalue weighted by Crippen LogP contribution is 2.11. The molecule has 1 rings (SSSR count). The minimum absolute atomic E-state index is 0.908. The molecule has 0 fully saturated rings. The molecule has 2 N–H and O–H groups in total. The zero-order valence-corrected chi connectivity index (χ0v) is 9.01. The molecular weight excluding hydrogens is 174 g/mol. The van der Waals surface area contributed by atoms with Crippen LogP contribution in [0.15, 0.2) is 18.3 Å². The largest absolute Gasteiger partial charge is 0.385 e. The van der Waals surface area contributed by atoms with Crippen LogP contribution in [0.25, 0.3) is 0 Å². The Morgan fingerprint density at radius 1 is 1.29 bits per heavy atom. The Balaban J connectivity index is 2.46. The number of anilines is 2. The molecule has 0 aromatic carbocycles. The number of rotatable bonds is 6. The normalized spacial score (nSPS) is 9.86. The van der Waals surface area contributed by atoms with Crippen LogP contribution >= 0.6 is 0 Å². The molecule has 0 unspecified atom stereocenters. The van der Waals surface area contributed by atoms with E-state index in [4.69, 9.17) is 0 Å². The lowest BCUT2D eigenvalue weighted by Crippen LogP contribution is -2.03. The first-order valence-electron chi connectivity index (χ1n) is 5.30. The van der Waals surface area contributed by atoms with Gasteiger partial charge in [-0.05, 0) is 19.4 Å².